The first kappa shape index (κ1) is 23.8. The molecule has 0 saturated heterocycles. The minimum absolute atomic E-state index is 0.0228. The van der Waals surface area contributed by atoms with Gasteiger partial charge in [0.2, 0.25) is 5.95 Å². The Labute approximate surface area is 200 Å². The smallest absolute Gasteiger partial charge is 0.332 e. The molecular weight excluding hydrogens is 452 g/mol. The van der Waals surface area contributed by atoms with Crippen LogP contribution in [0.2, 0.25) is 0 Å². The van der Waals surface area contributed by atoms with Gasteiger partial charge in [0.1, 0.15) is 24.2 Å². The molecule has 0 spiro atoms. The van der Waals surface area contributed by atoms with Crippen molar-refractivity contribution in [2.45, 2.75) is 19.6 Å². The highest BCUT2D eigenvalue weighted by Gasteiger charge is 2.21. The highest BCUT2D eigenvalue weighted by Crippen LogP contribution is 2.18. The molecule has 35 heavy (non-hydrogen) atoms. The van der Waals surface area contributed by atoms with E-state index in [9.17, 15) is 19.8 Å². The number of aromatic nitrogens is 4. The second-order valence-electron chi connectivity index (χ2n) is 8.06. The normalized spacial score (nSPS) is 12.6. The van der Waals surface area contributed by atoms with Crippen molar-refractivity contribution in [1.82, 2.24) is 18.7 Å². The Morgan fingerprint density at radius 2 is 1.77 bits per heavy atom. The summed E-state index contributed by atoms with van der Waals surface area (Å²) in [6, 6.07) is 15.6. The molecule has 2 aromatic heterocycles. The molecular formula is C24H26N6O5. The number of anilines is 1. The van der Waals surface area contributed by atoms with Gasteiger partial charge >= 0.3 is 5.69 Å². The van der Waals surface area contributed by atoms with Crippen molar-refractivity contribution in [3.8, 4) is 11.5 Å². The summed E-state index contributed by atoms with van der Waals surface area (Å²) in [4.78, 5) is 29.8. The number of phenols is 1. The molecule has 0 saturated carbocycles. The molecule has 11 nitrogen and oxygen atoms in total. The molecule has 2 heterocycles. The number of aryl methyl sites for hydroxylation is 1. The fourth-order valence-corrected chi connectivity index (χ4v) is 3.58. The van der Waals surface area contributed by atoms with Crippen LogP contribution in [0.5, 0.6) is 11.5 Å². The van der Waals surface area contributed by atoms with Gasteiger partial charge in [0.25, 0.3) is 5.56 Å². The molecule has 4 aromatic rings. The third-order valence-electron chi connectivity index (χ3n) is 5.54. The zero-order valence-corrected chi connectivity index (χ0v) is 19.5. The van der Waals surface area contributed by atoms with Crippen molar-refractivity contribution in [3.05, 3.63) is 81.0 Å². The van der Waals surface area contributed by atoms with E-state index in [1.165, 1.54) is 23.2 Å². The van der Waals surface area contributed by atoms with Crippen LogP contribution in [0, 0.1) is 0 Å². The van der Waals surface area contributed by atoms with Crippen LogP contribution in [0.4, 0.5) is 5.95 Å². The molecule has 4 rings (SSSR count). The lowest BCUT2D eigenvalue weighted by Gasteiger charge is -2.15. The fourth-order valence-electron chi connectivity index (χ4n) is 3.58. The number of aliphatic hydroxyl groups excluding tert-OH is 1. The molecule has 2 aromatic carbocycles. The van der Waals surface area contributed by atoms with E-state index in [1.54, 1.807) is 43.3 Å². The molecule has 0 aliphatic carbocycles. The number of fused-ring (bicyclic) bond motifs is 1. The topological polar surface area (TPSA) is 136 Å². The van der Waals surface area contributed by atoms with Crippen molar-refractivity contribution in [2.75, 3.05) is 12.0 Å². The standard InChI is InChI=1S/C24H26N6O5/c1-15(16-9-11-17(31)12-10-16)26-27-23-25-21-20(22(33)29(3)24(34)28(21)2)30(23)13-18(32)14-35-19-7-5-4-6-8-19/h4-12,18,31-32H,13-14H2,1-3H3,(H,25,27). The van der Waals surface area contributed by atoms with E-state index in [1.807, 2.05) is 18.2 Å². The van der Waals surface area contributed by atoms with Crippen LogP contribution >= 0.6 is 0 Å². The van der Waals surface area contributed by atoms with Crippen molar-refractivity contribution in [2.24, 2.45) is 19.2 Å². The summed E-state index contributed by atoms with van der Waals surface area (Å²) < 4.78 is 9.38. The van der Waals surface area contributed by atoms with Gasteiger partial charge in [-0.1, -0.05) is 18.2 Å². The molecule has 0 fully saturated rings. The Balaban J connectivity index is 1.69. The van der Waals surface area contributed by atoms with Gasteiger partial charge in [-0.15, -0.1) is 0 Å². The van der Waals surface area contributed by atoms with Gasteiger partial charge in [0, 0.05) is 14.1 Å². The number of rotatable bonds is 8. The number of hydrogen-bond donors (Lipinski definition) is 3. The molecule has 1 atom stereocenters. The number of hydrogen-bond acceptors (Lipinski definition) is 8. The van der Waals surface area contributed by atoms with E-state index in [2.05, 4.69) is 15.5 Å². The predicted octanol–water partition coefficient (Wildman–Crippen LogP) is 1.42. The third kappa shape index (κ3) is 4.94. The number of nitrogens with zero attached hydrogens (tertiary/aromatic N) is 5. The molecule has 1 unspecified atom stereocenters. The van der Waals surface area contributed by atoms with Crippen LogP contribution in [-0.2, 0) is 20.6 Å². The summed E-state index contributed by atoms with van der Waals surface area (Å²) in [5.41, 5.74) is 3.45. The average molecular weight is 479 g/mol. The summed E-state index contributed by atoms with van der Waals surface area (Å²) >= 11 is 0. The first-order valence-electron chi connectivity index (χ1n) is 10.9. The number of ether oxygens (including phenoxy) is 1. The number of para-hydroxylation sites is 1. The summed E-state index contributed by atoms with van der Waals surface area (Å²) in [5.74, 6) is 0.919. The Morgan fingerprint density at radius 1 is 1.09 bits per heavy atom. The summed E-state index contributed by atoms with van der Waals surface area (Å²) in [6.45, 7) is 1.71. The zero-order valence-electron chi connectivity index (χ0n) is 19.5. The minimum atomic E-state index is -0.989. The van der Waals surface area contributed by atoms with E-state index < -0.39 is 17.4 Å². The molecule has 11 heteroatoms. The van der Waals surface area contributed by atoms with Crippen molar-refractivity contribution >= 4 is 22.8 Å². The lowest BCUT2D eigenvalue weighted by molar-refractivity contribution is 0.0938. The van der Waals surface area contributed by atoms with Crippen molar-refractivity contribution in [1.29, 1.82) is 0 Å². The van der Waals surface area contributed by atoms with Crippen LogP contribution in [-0.4, -0.2) is 47.3 Å². The number of hydrazone groups is 1. The molecule has 182 valence electrons. The van der Waals surface area contributed by atoms with Crippen LogP contribution in [0.15, 0.2) is 69.3 Å². The number of nitrogens with one attached hydrogen (secondary N) is 1. The number of imidazole rings is 1. The monoisotopic (exact) mass is 478 g/mol. The fraction of sp³-hybridized carbons (Fsp3) is 0.250. The Kier molecular flexibility index (Phi) is 6.69. The Bertz CT molecular complexity index is 1490. The molecule has 0 aliphatic heterocycles. The van der Waals surface area contributed by atoms with Gasteiger partial charge in [-0.2, -0.15) is 10.1 Å². The van der Waals surface area contributed by atoms with Gasteiger partial charge in [0.15, 0.2) is 11.2 Å². The molecule has 3 N–H and O–H groups in total. The Hall–Kier alpha value is -4.38. The molecule has 0 radical (unpaired) electrons. The SMILES string of the molecule is CC(=NNc1nc2c(c(=O)n(C)c(=O)n2C)n1CC(O)COc1ccccc1)c1ccc(O)cc1. The van der Waals surface area contributed by atoms with Crippen LogP contribution in [0.25, 0.3) is 11.2 Å². The molecule has 0 aliphatic rings. The summed E-state index contributed by atoms with van der Waals surface area (Å²) in [5, 5.41) is 24.5. The zero-order chi connectivity index (χ0) is 25.1. The lowest BCUT2D eigenvalue weighted by Crippen LogP contribution is -2.38. The predicted molar refractivity (Wildman–Crippen MR) is 132 cm³/mol. The van der Waals surface area contributed by atoms with E-state index >= 15 is 0 Å². The molecule has 0 amide bonds. The number of benzene rings is 2. The van der Waals surface area contributed by atoms with Crippen LogP contribution in [0.1, 0.15) is 12.5 Å². The first-order valence-corrected chi connectivity index (χ1v) is 10.9. The summed E-state index contributed by atoms with van der Waals surface area (Å²) in [6.07, 6.45) is -0.989. The maximum Gasteiger partial charge on any atom is 0.332 e. The lowest BCUT2D eigenvalue weighted by atomic mass is 10.1. The largest absolute Gasteiger partial charge is 0.508 e. The van der Waals surface area contributed by atoms with Gasteiger partial charge in [0.05, 0.1) is 12.3 Å². The maximum atomic E-state index is 13.0. The van der Waals surface area contributed by atoms with Crippen molar-refractivity contribution < 1.29 is 14.9 Å². The van der Waals surface area contributed by atoms with Gasteiger partial charge in [-0.05, 0) is 48.9 Å². The van der Waals surface area contributed by atoms with E-state index in [0.717, 1.165) is 10.1 Å². The number of aliphatic hydroxyl groups is 1. The van der Waals surface area contributed by atoms with Crippen LogP contribution < -0.4 is 21.4 Å². The summed E-state index contributed by atoms with van der Waals surface area (Å²) in [7, 11) is 2.90. The average Bonchev–Trinajstić information content (AvgIpc) is 3.22. The van der Waals surface area contributed by atoms with Gasteiger partial charge in [-0.25, -0.2) is 10.2 Å². The van der Waals surface area contributed by atoms with Gasteiger partial charge < -0.3 is 19.5 Å². The highest BCUT2D eigenvalue weighted by atomic mass is 16.5. The minimum Gasteiger partial charge on any atom is -0.508 e. The number of aromatic hydroxyl groups is 1. The van der Waals surface area contributed by atoms with E-state index in [0.29, 0.717) is 11.5 Å². The van der Waals surface area contributed by atoms with Crippen molar-refractivity contribution in [3.63, 3.8) is 0 Å². The van der Waals surface area contributed by atoms with E-state index in [4.69, 9.17) is 4.74 Å². The Morgan fingerprint density at radius 3 is 2.46 bits per heavy atom. The quantitative estimate of drug-likeness (QED) is 0.257. The van der Waals surface area contributed by atoms with E-state index in [-0.39, 0.29) is 36.0 Å². The second-order valence-corrected chi connectivity index (χ2v) is 8.06. The second kappa shape index (κ2) is 9.85. The third-order valence-corrected chi connectivity index (χ3v) is 5.54. The maximum absolute atomic E-state index is 13.0. The first-order chi connectivity index (χ1) is 16.8. The van der Waals surface area contributed by atoms with Gasteiger partial charge in [-0.3, -0.25) is 13.9 Å². The highest BCUT2D eigenvalue weighted by molar-refractivity contribution is 5.99. The molecule has 0 bridgehead atoms. The number of phenolic OH excluding ortho intramolecular Hbond substituents is 1. The van der Waals surface area contributed by atoms with Crippen LogP contribution in [0.3, 0.4) is 0 Å².